The summed E-state index contributed by atoms with van der Waals surface area (Å²) in [5.74, 6) is -1.28. The Kier molecular flexibility index (Phi) is 4.84. The van der Waals surface area contributed by atoms with Crippen LogP contribution in [0.2, 0.25) is 0 Å². The number of carbonyl (C=O) groups is 2. The molecule has 1 fully saturated rings. The van der Waals surface area contributed by atoms with Crippen molar-refractivity contribution in [1.82, 2.24) is 4.90 Å². The van der Waals surface area contributed by atoms with Crippen LogP contribution in [0.15, 0.2) is 21.7 Å². The monoisotopic (exact) mass is 301 g/mol. The molecule has 0 aromatic carbocycles. The minimum atomic E-state index is -0.909. The van der Waals surface area contributed by atoms with Gasteiger partial charge in [-0.2, -0.15) is 0 Å². The minimum Gasteiger partial charge on any atom is -0.481 e. The van der Waals surface area contributed by atoms with Crippen LogP contribution < -0.4 is 0 Å². The molecule has 1 amide bonds. The summed E-state index contributed by atoms with van der Waals surface area (Å²) in [6, 6.07) is 3.53. The van der Waals surface area contributed by atoms with Crippen LogP contribution in [0.1, 0.15) is 0 Å². The largest absolute Gasteiger partial charge is 0.481 e. The fourth-order valence-corrected chi connectivity index (χ4v) is 3.63. The molecule has 2 rings (SSSR count). The van der Waals surface area contributed by atoms with E-state index in [9.17, 15) is 9.59 Å². The summed E-state index contributed by atoms with van der Waals surface area (Å²) in [5, 5.41) is 11.0. The van der Waals surface area contributed by atoms with E-state index in [0.29, 0.717) is 12.4 Å². The zero-order chi connectivity index (χ0) is 13.8. The van der Waals surface area contributed by atoms with Gasteiger partial charge in [0.1, 0.15) is 5.92 Å². The van der Waals surface area contributed by atoms with Crippen LogP contribution in [-0.2, 0) is 14.3 Å². The molecule has 7 heteroatoms. The Hall–Kier alpha value is -1.05. The molecule has 1 aromatic heterocycles. The second-order valence-corrected chi connectivity index (χ2v) is 6.50. The molecule has 19 heavy (non-hydrogen) atoms. The topological polar surface area (TPSA) is 66.8 Å². The Labute approximate surface area is 119 Å². The highest BCUT2D eigenvalue weighted by Crippen LogP contribution is 2.25. The van der Waals surface area contributed by atoms with Gasteiger partial charge >= 0.3 is 5.97 Å². The van der Waals surface area contributed by atoms with Crippen LogP contribution in [0.3, 0.4) is 0 Å². The van der Waals surface area contributed by atoms with Crippen molar-refractivity contribution in [2.75, 3.05) is 26.0 Å². The zero-order valence-electron chi connectivity index (χ0n) is 10.4. The molecule has 2 atom stereocenters. The number of aliphatic carboxylic acids is 1. The molecule has 1 aliphatic rings. The number of hydrogen-bond donors (Lipinski definition) is 1. The predicted octanol–water partition coefficient (Wildman–Crippen LogP) is 1.40. The molecule has 0 radical (unpaired) electrons. The quantitative estimate of drug-likeness (QED) is 0.833. The van der Waals surface area contributed by atoms with Gasteiger partial charge in [0.25, 0.3) is 0 Å². The number of amides is 1. The Morgan fingerprint density at radius 1 is 1.58 bits per heavy atom. The molecule has 2 unspecified atom stereocenters. The van der Waals surface area contributed by atoms with Crippen LogP contribution in [0, 0.1) is 5.92 Å². The zero-order valence-corrected chi connectivity index (χ0v) is 12.1. The maximum Gasteiger partial charge on any atom is 0.311 e. The summed E-state index contributed by atoms with van der Waals surface area (Å²) < 4.78 is 6.26. The Bertz CT molecular complexity index is 449. The number of ether oxygens (including phenoxy) is 1. The first kappa shape index (κ1) is 14.4. The van der Waals surface area contributed by atoms with E-state index in [1.165, 1.54) is 16.7 Å². The van der Waals surface area contributed by atoms with Crippen LogP contribution in [-0.4, -0.2) is 53.9 Å². The second kappa shape index (κ2) is 6.40. The van der Waals surface area contributed by atoms with Gasteiger partial charge < -0.3 is 14.7 Å². The average Bonchev–Trinajstić information content (AvgIpc) is 3.05. The van der Waals surface area contributed by atoms with Crippen molar-refractivity contribution in [3.05, 3.63) is 17.5 Å². The molecule has 0 spiro atoms. The molecule has 2 heterocycles. The van der Waals surface area contributed by atoms with Gasteiger partial charge in [0.2, 0.25) is 5.91 Å². The predicted molar refractivity (Wildman–Crippen MR) is 73.5 cm³/mol. The van der Waals surface area contributed by atoms with E-state index >= 15 is 0 Å². The first-order valence-corrected chi connectivity index (χ1v) is 7.68. The van der Waals surface area contributed by atoms with Crippen molar-refractivity contribution in [3.63, 3.8) is 0 Å². The van der Waals surface area contributed by atoms with Crippen LogP contribution in [0.25, 0.3) is 0 Å². The van der Waals surface area contributed by atoms with Gasteiger partial charge in [-0.15, -0.1) is 23.1 Å². The van der Waals surface area contributed by atoms with E-state index in [-0.39, 0.29) is 18.6 Å². The highest BCUT2D eigenvalue weighted by molar-refractivity contribution is 8.01. The third-order valence-electron chi connectivity index (χ3n) is 3.09. The summed E-state index contributed by atoms with van der Waals surface area (Å²) in [5.41, 5.74) is 0. The lowest BCUT2D eigenvalue weighted by molar-refractivity contribution is -0.144. The molecule has 5 nitrogen and oxygen atoms in total. The molecule has 104 valence electrons. The summed E-state index contributed by atoms with van der Waals surface area (Å²) in [6.07, 6.45) is 0. The summed E-state index contributed by atoms with van der Waals surface area (Å²) in [7, 11) is 1.65. The first-order valence-electron chi connectivity index (χ1n) is 5.82. The van der Waals surface area contributed by atoms with Crippen molar-refractivity contribution in [2.45, 2.75) is 10.3 Å². The minimum absolute atomic E-state index is 0.0693. The van der Waals surface area contributed by atoms with E-state index in [2.05, 4.69) is 0 Å². The maximum absolute atomic E-state index is 12.1. The maximum atomic E-state index is 12.1. The summed E-state index contributed by atoms with van der Waals surface area (Å²) in [4.78, 5) is 24.6. The lowest BCUT2D eigenvalue weighted by Crippen LogP contribution is -2.44. The molecule has 1 saturated heterocycles. The van der Waals surface area contributed by atoms with Gasteiger partial charge in [-0.05, 0) is 11.4 Å². The van der Waals surface area contributed by atoms with Crippen molar-refractivity contribution < 1.29 is 19.4 Å². The molecule has 1 aromatic rings. The first-order chi connectivity index (χ1) is 9.09. The summed E-state index contributed by atoms with van der Waals surface area (Å²) in [6.45, 7) is 0.471. The highest BCUT2D eigenvalue weighted by atomic mass is 32.2. The number of thiophene rings is 1. The van der Waals surface area contributed by atoms with Gasteiger partial charge in [-0.3, -0.25) is 9.59 Å². The van der Waals surface area contributed by atoms with Gasteiger partial charge in [0.15, 0.2) is 0 Å². The molecule has 1 N–H and O–H groups in total. The second-order valence-electron chi connectivity index (χ2n) is 4.27. The number of likely N-dealkylation sites (N-methyl/N-ethyl adjacent to an activating group) is 1. The van der Waals surface area contributed by atoms with Gasteiger partial charge in [-0.25, -0.2) is 0 Å². The molecule has 1 aliphatic heterocycles. The number of thioether (sulfide) groups is 1. The van der Waals surface area contributed by atoms with Crippen LogP contribution in [0.4, 0.5) is 0 Å². The number of rotatable bonds is 5. The number of carboxylic acid groups (broad SMARTS) is 1. The highest BCUT2D eigenvalue weighted by Gasteiger charge is 2.38. The SMILES string of the molecule is CN(C(=O)CSc1cccs1)C1COCC1C(=O)O. The van der Waals surface area contributed by atoms with E-state index in [1.54, 1.807) is 18.4 Å². The van der Waals surface area contributed by atoms with Crippen molar-refractivity contribution in [3.8, 4) is 0 Å². The van der Waals surface area contributed by atoms with Crippen molar-refractivity contribution in [2.24, 2.45) is 5.92 Å². The summed E-state index contributed by atoms with van der Waals surface area (Å²) >= 11 is 3.06. The van der Waals surface area contributed by atoms with E-state index in [4.69, 9.17) is 9.84 Å². The number of carbonyl (C=O) groups excluding carboxylic acids is 1. The fraction of sp³-hybridized carbons (Fsp3) is 0.500. The van der Waals surface area contributed by atoms with Crippen LogP contribution in [0.5, 0.6) is 0 Å². The third kappa shape index (κ3) is 3.49. The van der Waals surface area contributed by atoms with E-state index in [0.717, 1.165) is 4.21 Å². The molecule has 0 aliphatic carbocycles. The van der Waals surface area contributed by atoms with Gasteiger partial charge in [0, 0.05) is 7.05 Å². The smallest absolute Gasteiger partial charge is 0.311 e. The third-order valence-corrected chi connectivity index (χ3v) is 5.21. The van der Waals surface area contributed by atoms with E-state index < -0.39 is 11.9 Å². The molecule has 0 saturated carbocycles. The van der Waals surface area contributed by atoms with Gasteiger partial charge in [-0.1, -0.05) is 6.07 Å². The normalized spacial score (nSPS) is 22.4. The lowest BCUT2D eigenvalue weighted by atomic mass is 10.0. The Morgan fingerprint density at radius 3 is 3.00 bits per heavy atom. The average molecular weight is 301 g/mol. The molecule has 0 bridgehead atoms. The number of nitrogens with zero attached hydrogens (tertiary/aromatic N) is 1. The van der Waals surface area contributed by atoms with E-state index in [1.807, 2.05) is 17.5 Å². The molecular weight excluding hydrogens is 286 g/mol. The Balaban J connectivity index is 1.89. The van der Waals surface area contributed by atoms with Crippen LogP contribution >= 0.6 is 23.1 Å². The van der Waals surface area contributed by atoms with Crippen molar-refractivity contribution in [1.29, 1.82) is 0 Å². The Morgan fingerprint density at radius 2 is 2.37 bits per heavy atom. The lowest BCUT2D eigenvalue weighted by Gasteiger charge is -2.26. The van der Waals surface area contributed by atoms with Crippen molar-refractivity contribution >= 4 is 35.0 Å². The number of hydrogen-bond acceptors (Lipinski definition) is 5. The van der Waals surface area contributed by atoms with Gasteiger partial charge in [0.05, 0.1) is 29.2 Å². The standard InChI is InChI=1S/C12H15NO4S2/c1-13(9-6-17-5-8(9)12(15)16)10(14)7-19-11-3-2-4-18-11/h2-4,8-9H,5-7H2,1H3,(H,15,16). The molecular formula is C12H15NO4S2. The number of carboxylic acids is 1. The fourth-order valence-electron chi connectivity index (χ4n) is 1.93.